The molecule has 3 heterocycles. The molecule has 0 bridgehead atoms. The van der Waals surface area contributed by atoms with Crippen molar-refractivity contribution in [1.29, 1.82) is 0 Å². The Balaban J connectivity index is 1.32. The van der Waals surface area contributed by atoms with Crippen molar-refractivity contribution in [2.45, 2.75) is 51.1 Å². The second-order valence-electron chi connectivity index (χ2n) is 8.48. The van der Waals surface area contributed by atoms with E-state index >= 15 is 0 Å². The van der Waals surface area contributed by atoms with E-state index < -0.39 is 24.0 Å². The third-order valence-corrected chi connectivity index (χ3v) is 5.88. The Morgan fingerprint density at radius 2 is 2.06 bits per heavy atom. The van der Waals surface area contributed by atoms with E-state index in [1.165, 1.54) is 6.07 Å². The van der Waals surface area contributed by atoms with Crippen LogP contribution in [0.25, 0.3) is 0 Å². The van der Waals surface area contributed by atoms with E-state index in [2.05, 4.69) is 25.6 Å². The Morgan fingerprint density at radius 3 is 2.67 bits per heavy atom. The zero-order valence-corrected chi connectivity index (χ0v) is 18.3. The molecule has 2 atom stereocenters. The molecule has 1 unspecified atom stereocenters. The van der Waals surface area contributed by atoms with E-state index in [1.807, 2.05) is 0 Å². The van der Waals surface area contributed by atoms with Crippen LogP contribution >= 0.6 is 0 Å². The van der Waals surface area contributed by atoms with Crippen molar-refractivity contribution in [2.24, 2.45) is 5.92 Å². The first-order valence-corrected chi connectivity index (χ1v) is 10.6. The van der Waals surface area contributed by atoms with Crippen LogP contribution in [0.5, 0.6) is 5.75 Å². The molecule has 9 nitrogen and oxygen atoms in total. The second-order valence-corrected chi connectivity index (χ2v) is 8.48. The molecule has 1 saturated carbocycles. The summed E-state index contributed by atoms with van der Waals surface area (Å²) < 4.78 is 43.3. The first-order valence-electron chi connectivity index (χ1n) is 10.6. The lowest BCUT2D eigenvalue weighted by atomic mass is 9.81. The van der Waals surface area contributed by atoms with Gasteiger partial charge in [-0.15, -0.1) is 0 Å². The summed E-state index contributed by atoms with van der Waals surface area (Å²) in [6.07, 6.45) is -2.69. The summed E-state index contributed by atoms with van der Waals surface area (Å²) >= 11 is 0. The molecule has 1 amide bonds. The number of fused-ring (bicyclic) bond motifs is 1. The lowest BCUT2D eigenvalue weighted by molar-refractivity contribution is -0.141. The lowest BCUT2D eigenvalue weighted by Gasteiger charge is -2.38. The molecular formula is C21H25F3N6O3. The molecule has 33 heavy (non-hydrogen) atoms. The summed E-state index contributed by atoms with van der Waals surface area (Å²) in [5, 5.41) is 16.0. The minimum Gasteiger partial charge on any atom is -0.492 e. The van der Waals surface area contributed by atoms with Crippen LogP contribution in [0, 0.1) is 12.8 Å². The van der Waals surface area contributed by atoms with Crippen molar-refractivity contribution in [3.05, 3.63) is 29.7 Å². The average molecular weight is 466 g/mol. The number of hydrogen-bond donors (Lipinski definition) is 3. The number of nitrogens with zero attached hydrogens (tertiary/aromatic N) is 4. The fourth-order valence-corrected chi connectivity index (χ4v) is 4.09. The SMILES string of the molecule is Cc1nc(N[C@H]2C[C@@H](COc3ccc(C(F)(F)F)nc3)C2)nc2c1NC(=O)C([C@@H](C)O)N2C. The van der Waals surface area contributed by atoms with Crippen LogP contribution in [0.2, 0.25) is 0 Å². The zero-order valence-electron chi connectivity index (χ0n) is 18.3. The highest BCUT2D eigenvalue weighted by atomic mass is 19.4. The minimum atomic E-state index is -4.47. The smallest absolute Gasteiger partial charge is 0.433 e. The highest BCUT2D eigenvalue weighted by Gasteiger charge is 2.37. The molecule has 2 aromatic rings. The second kappa shape index (κ2) is 8.65. The number of carbonyl (C=O) groups excluding carboxylic acids is 1. The molecule has 2 aliphatic rings. The number of likely N-dealkylation sites (N-methyl/N-ethyl adjacent to an activating group) is 1. The topological polar surface area (TPSA) is 112 Å². The molecule has 3 N–H and O–H groups in total. The molecule has 4 rings (SSSR count). The number of aryl methyl sites for hydroxylation is 1. The van der Waals surface area contributed by atoms with Gasteiger partial charge in [0, 0.05) is 13.1 Å². The van der Waals surface area contributed by atoms with E-state index in [4.69, 9.17) is 4.74 Å². The van der Waals surface area contributed by atoms with E-state index in [0.717, 1.165) is 25.1 Å². The molecule has 1 aliphatic carbocycles. The quantitative estimate of drug-likeness (QED) is 0.596. The number of carbonyl (C=O) groups is 1. The van der Waals surface area contributed by atoms with Gasteiger partial charge >= 0.3 is 6.18 Å². The lowest BCUT2D eigenvalue weighted by Crippen LogP contribution is -2.52. The number of anilines is 3. The Kier molecular flexibility index (Phi) is 6.04. The molecular weight excluding hydrogens is 441 g/mol. The van der Waals surface area contributed by atoms with Crippen molar-refractivity contribution in [1.82, 2.24) is 15.0 Å². The Hall–Kier alpha value is -3.15. The van der Waals surface area contributed by atoms with Crippen LogP contribution in [0.3, 0.4) is 0 Å². The van der Waals surface area contributed by atoms with Gasteiger partial charge < -0.3 is 25.4 Å². The van der Waals surface area contributed by atoms with Gasteiger partial charge in [0.15, 0.2) is 5.82 Å². The monoisotopic (exact) mass is 466 g/mol. The number of amides is 1. The molecule has 0 radical (unpaired) electrons. The van der Waals surface area contributed by atoms with Crippen LogP contribution in [-0.2, 0) is 11.0 Å². The molecule has 2 aromatic heterocycles. The number of aliphatic hydroxyl groups excluding tert-OH is 1. The molecule has 0 spiro atoms. The summed E-state index contributed by atoms with van der Waals surface area (Å²) in [7, 11) is 1.71. The molecule has 12 heteroatoms. The molecule has 0 aromatic carbocycles. The summed E-state index contributed by atoms with van der Waals surface area (Å²) in [6.45, 7) is 3.70. The maximum atomic E-state index is 12.6. The molecule has 1 fully saturated rings. The number of alkyl halides is 3. The number of halogens is 3. The van der Waals surface area contributed by atoms with Gasteiger partial charge in [0.05, 0.1) is 24.6 Å². The van der Waals surface area contributed by atoms with Crippen LogP contribution < -0.4 is 20.3 Å². The normalized spacial score (nSPS) is 23.3. The number of ether oxygens (including phenoxy) is 1. The maximum absolute atomic E-state index is 12.6. The summed E-state index contributed by atoms with van der Waals surface area (Å²) in [5.41, 5.74) is 0.184. The number of aliphatic hydroxyl groups is 1. The predicted molar refractivity (Wildman–Crippen MR) is 114 cm³/mol. The van der Waals surface area contributed by atoms with E-state index in [-0.39, 0.29) is 17.9 Å². The van der Waals surface area contributed by atoms with Crippen LogP contribution in [0.4, 0.5) is 30.6 Å². The van der Waals surface area contributed by atoms with Gasteiger partial charge in [-0.1, -0.05) is 0 Å². The number of pyridine rings is 1. The first-order chi connectivity index (χ1) is 15.5. The number of aromatic nitrogens is 3. The molecule has 1 aliphatic heterocycles. The van der Waals surface area contributed by atoms with Gasteiger partial charge in [0.1, 0.15) is 23.2 Å². The van der Waals surface area contributed by atoms with Gasteiger partial charge in [-0.05, 0) is 44.7 Å². The maximum Gasteiger partial charge on any atom is 0.433 e. The number of nitrogens with one attached hydrogen (secondary N) is 2. The average Bonchev–Trinajstić information content (AvgIpc) is 2.70. The van der Waals surface area contributed by atoms with Gasteiger partial charge in [-0.2, -0.15) is 18.2 Å². The molecule has 178 valence electrons. The fourth-order valence-electron chi connectivity index (χ4n) is 4.09. The van der Waals surface area contributed by atoms with Gasteiger partial charge in [-0.25, -0.2) is 9.97 Å². The summed E-state index contributed by atoms with van der Waals surface area (Å²) in [6, 6.07) is 1.55. The largest absolute Gasteiger partial charge is 0.492 e. The van der Waals surface area contributed by atoms with Crippen molar-refractivity contribution >= 4 is 23.4 Å². The van der Waals surface area contributed by atoms with Crippen LogP contribution in [0.15, 0.2) is 18.3 Å². The van der Waals surface area contributed by atoms with Crippen molar-refractivity contribution in [3.63, 3.8) is 0 Å². The minimum absolute atomic E-state index is 0.123. The van der Waals surface area contributed by atoms with Crippen molar-refractivity contribution in [2.75, 3.05) is 29.2 Å². The number of rotatable bonds is 6. The van der Waals surface area contributed by atoms with Crippen molar-refractivity contribution < 1.29 is 27.8 Å². The van der Waals surface area contributed by atoms with E-state index in [9.17, 15) is 23.1 Å². The van der Waals surface area contributed by atoms with E-state index in [1.54, 1.807) is 25.8 Å². The van der Waals surface area contributed by atoms with Gasteiger partial charge in [0.2, 0.25) is 11.9 Å². The third-order valence-electron chi connectivity index (χ3n) is 5.88. The number of hydrogen-bond acceptors (Lipinski definition) is 8. The van der Waals surface area contributed by atoms with Gasteiger partial charge in [0.25, 0.3) is 0 Å². The highest BCUT2D eigenvalue weighted by molar-refractivity contribution is 6.03. The van der Waals surface area contributed by atoms with Crippen molar-refractivity contribution in [3.8, 4) is 5.75 Å². The Labute approximate surface area is 188 Å². The van der Waals surface area contributed by atoms with Gasteiger partial charge in [-0.3, -0.25) is 4.79 Å². The van der Waals surface area contributed by atoms with Crippen LogP contribution in [0.1, 0.15) is 31.2 Å². The Bertz CT molecular complexity index is 1030. The van der Waals surface area contributed by atoms with Crippen LogP contribution in [-0.4, -0.2) is 57.8 Å². The summed E-state index contributed by atoms with van der Waals surface area (Å²) in [4.78, 5) is 26.3. The fraction of sp³-hybridized carbons (Fsp3) is 0.524. The standard InChI is InChI=1S/C21H25F3N6O3/c1-10-16-18(30(3)17(11(2)31)19(32)28-16)29-20(26-10)27-13-6-12(7-13)9-33-14-4-5-15(25-8-14)21(22,23)24/h4-5,8,11-13,17,31H,6-7,9H2,1-3H3,(H,28,32)(H,26,27,29)/t11-,12-,13+,17?/m1/s1. The molecule has 0 saturated heterocycles. The first kappa shape index (κ1) is 23.0. The zero-order chi connectivity index (χ0) is 23.9. The third kappa shape index (κ3) is 4.80. The van der Waals surface area contributed by atoms with E-state index in [0.29, 0.717) is 35.5 Å². The Morgan fingerprint density at radius 1 is 1.33 bits per heavy atom. The summed E-state index contributed by atoms with van der Waals surface area (Å²) in [5.74, 6) is 1.19. The highest BCUT2D eigenvalue weighted by Crippen LogP contribution is 2.35. The predicted octanol–water partition coefficient (Wildman–Crippen LogP) is 2.61.